The maximum absolute atomic E-state index is 13.2. The molecule has 28 heavy (non-hydrogen) atoms. The molecule has 7 heteroatoms. The third-order valence-electron chi connectivity index (χ3n) is 5.80. The average molecular weight is 389 g/mol. The summed E-state index contributed by atoms with van der Waals surface area (Å²) in [5, 5.41) is 0. The molecule has 1 unspecified atom stereocenters. The normalized spacial score (nSPS) is 22.8. The third-order valence-corrected chi connectivity index (χ3v) is 5.80. The Kier molecular flexibility index (Phi) is 6.54. The molecule has 0 aliphatic carbocycles. The van der Waals surface area contributed by atoms with Gasteiger partial charge in [0.2, 0.25) is 11.8 Å². The van der Waals surface area contributed by atoms with Gasteiger partial charge >= 0.3 is 0 Å². The van der Waals surface area contributed by atoms with Gasteiger partial charge in [0.25, 0.3) is 5.91 Å². The molecule has 0 N–H and O–H groups in total. The lowest BCUT2D eigenvalue weighted by atomic mass is 9.73. The van der Waals surface area contributed by atoms with Crippen LogP contribution in [0.15, 0.2) is 18.3 Å². The summed E-state index contributed by atoms with van der Waals surface area (Å²) < 4.78 is 5.56. The second kappa shape index (κ2) is 8.90. The number of likely N-dealkylation sites (N-methyl/N-ethyl adjacent to an activating group) is 1. The summed E-state index contributed by atoms with van der Waals surface area (Å²) in [6, 6.07) is 3.56. The van der Waals surface area contributed by atoms with E-state index in [0.29, 0.717) is 31.0 Å². The molecule has 0 bridgehead atoms. The highest BCUT2D eigenvalue weighted by Gasteiger charge is 2.43. The molecule has 2 aliphatic rings. The van der Waals surface area contributed by atoms with Crippen molar-refractivity contribution in [1.29, 1.82) is 0 Å². The Bertz CT molecular complexity index is 709. The van der Waals surface area contributed by atoms with Gasteiger partial charge in [0.05, 0.1) is 6.61 Å². The second-order valence-electron chi connectivity index (χ2n) is 8.24. The third kappa shape index (κ3) is 4.63. The van der Waals surface area contributed by atoms with Crippen LogP contribution < -0.4 is 4.74 Å². The lowest BCUT2D eigenvalue weighted by molar-refractivity contribution is -0.139. The van der Waals surface area contributed by atoms with E-state index in [4.69, 9.17) is 4.74 Å². The quantitative estimate of drug-likeness (QED) is 0.745. The first-order valence-corrected chi connectivity index (χ1v) is 10.2. The van der Waals surface area contributed by atoms with E-state index in [0.717, 1.165) is 45.4 Å². The Hall–Kier alpha value is -2.15. The average Bonchev–Trinajstić information content (AvgIpc) is 2.69. The number of nitrogens with zero attached hydrogens (tertiary/aromatic N) is 4. The molecule has 1 atom stereocenters. The molecule has 1 aromatic heterocycles. The lowest BCUT2D eigenvalue weighted by Gasteiger charge is -2.48. The van der Waals surface area contributed by atoms with Crippen LogP contribution in [0.25, 0.3) is 0 Å². The highest BCUT2D eigenvalue weighted by atomic mass is 16.5. The predicted molar refractivity (Wildman–Crippen MR) is 107 cm³/mol. The van der Waals surface area contributed by atoms with Gasteiger partial charge in [-0.05, 0) is 52.4 Å². The first kappa shape index (κ1) is 20.6. The zero-order chi connectivity index (χ0) is 20.1. The molecular formula is C21H32N4O3. The van der Waals surface area contributed by atoms with E-state index >= 15 is 0 Å². The first-order valence-electron chi connectivity index (χ1n) is 10.2. The summed E-state index contributed by atoms with van der Waals surface area (Å²) in [7, 11) is 4.05. The van der Waals surface area contributed by atoms with Crippen molar-refractivity contribution in [3.05, 3.63) is 23.9 Å². The van der Waals surface area contributed by atoms with Gasteiger partial charge in [0.15, 0.2) is 0 Å². The van der Waals surface area contributed by atoms with Crippen molar-refractivity contribution in [3.63, 3.8) is 0 Å². The van der Waals surface area contributed by atoms with Crippen molar-refractivity contribution in [3.8, 4) is 5.88 Å². The van der Waals surface area contributed by atoms with Crippen LogP contribution in [0.2, 0.25) is 0 Å². The minimum Gasteiger partial charge on any atom is -0.477 e. The van der Waals surface area contributed by atoms with Gasteiger partial charge in [-0.1, -0.05) is 0 Å². The summed E-state index contributed by atoms with van der Waals surface area (Å²) in [6.07, 6.45) is 5.11. The molecule has 1 aromatic rings. The molecular weight excluding hydrogens is 356 g/mol. The maximum Gasteiger partial charge on any atom is 0.259 e. The molecule has 3 rings (SSSR count). The number of amides is 2. The van der Waals surface area contributed by atoms with Crippen LogP contribution in [-0.2, 0) is 4.79 Å². The van der Waals surface area contributed by atoms with Crippen molar-refractivity contribution in [2.24, 2.45) is 5.41 Å². The fourth-order valence-electron chi connectivity index (χ4n) is 4.32. The summed E-state index contributed by atoms with van der Waals surface area (Å²) in [5.74, 6) is 0.621. The number of hydrogen-bond donors (Lipinski definition) is 0. The number of carbonyl (C=O) groups excluding carboxylic acids is 2. The van der Waals surface area contributed by atoms with Gasteiger partial charge in [0.1, 0.15) is 5.56 Å². The van der Waals surface area contributed by atoms with Crippen molar-refractivity contribution in [1.82, 2.24) is 19.7 Å². The summed E-state index contributed by atoms with van der Waals surface area (Å²) in [5.41, 5.74) is 0.528. The first-order chi connectivity index (χ1) is 13.4. The van der Waals surface area contributed by atoms with Crippen LogP contribution in [-0.4, -0.2) is 84.9 Å². The summed E-state index contributed by atoms with van der Waals surface area (Å²) >= 11 is 0. The minimum absolute atomic E-state index is 0.00210. The minimum atomic E-state index is -0.0210. The molecule has 3 heterocycles. The van der Waals surface area contributed by atoms with E-state index in [9.17, 15) is 9.59 Å². The fraction of sp³-hybridized carbons (Fsp3) is 0.667. The number of aromatic nitrogens is 1. The van der Waals surface area contributed by atoms with Crippen LogP contribution >= 0.6 is 0 Å². The molecule has 2 amide bonds. The molecule has 0 radical (unpaired) electrons. The maximum atomic E-state index is 13.2. The highest BCUT2D eigenvalue weighted by Crippen LogP contribution is 2.39. The Balaban J connectivity index is 1.73. The van der Waals surface area contributed by atoms with Gasteiger partial charge in [-0.25, -0.2) is 4.98 Å². The van der Waals surface area contributed by atoms with Crippen LogP contribution in [0.3, 0.4) is 0 Å². The van der Waals surface area contributed by atoms with E-state index < -0.39 is 0 Å². The number of likely N-dealkylation sites (tertiary alicyclic amines) is 2. The Morgan fingerprint density at radius 1 is 1.32 bits per heavy atom. The van der Waals surface area contributed by atoms with Crippen LogP contribution in [0.5, 0.6) is 5.88 Å². The van der Waals surface area contributed by atoms with E-state index in [1.54, 1.807) is 18.3 Å². The molecule has 154 valence electrons. The number of piperidine rings is 2. The van der Waals surface area contributed by atoms with Gasteiger partial charge in [-0.2, -0.15) is 0 Å². The zero-order valence-electron chi connectivity index (χ0n) is 17.3. The van der Waals surface area contributed by atoms with Crippen molar-refractivity contribution >= 4 is 11.8 Å². The fourth-order valence-corrected chi connectivity index (χ4v) is 4.32. The van der Waals surface area contributed by atoms with Crippen LogP contribution in [0.1, 0.15) is 43.0 Å². The zero-order valence-corrected chi connectivity index (χ0v) is 17.3. The largest absolute Gasteiger partial charge is 0.477 e. The number of hydrogen-bond acceptors (Lipinski definition) is 5. The lowest BCUT2D eigenvalue weighted by Crippen LogP contribution is -2.55. The monoisotopic (exact) mass is 388 g/mol. The highest BCUT2D eigenvalue weighted by molar-refractivity contribution is 5.96. The topological polar surface area (TPSA) is 66.0 Å². The SMILES string of the molecule is CCOc1ncccc1C(=O)N1CCCC2(CCC(=O)N(CCN(C)C)C2)C1. The van der Waals surface area contributed by atoms with Gasteiger partial charge in [-0.3, -0.25) is 9.59 Å². The van der Waals surface area contributed by atoms with Crippen molar-refractivity contribution in [2.45, 2.75) is 32.6 Å². The number of carbonyl (C=O) groups is 2. The van der Waals surface area contributed by atoms with Crippen LogP contribution in [0.4, 0.5) is 0 Å². The van der Waals surface area contributed by atoms with Gasteiger partial charge in [0, 0.05) is 50.8 Å². The second-order valence-corrected chi connectivity index (χ2v) is 8.24. The van der Waals surface area contributed by atoms with Gasteiger partial charge in [-0.15, -0.1) is 0 Å². The molecule has 0 saturated carbocycles. The Morgan fingerprint density at radius 2 is 2.14 bits per heavy atom. The summed E-state index contributed by atoms with van der Waals surface area (Å²) in [4.78, 5) is 35.8. The van der Waals surface area contributed by atoms with E-state index in [2.05, 4.69) is 9.88 Å². The molecule has 2 fully saturated rings. The van der Waals surface area contributed by atoms with Crippen LogP contribution in [0, 0.1) is 5.41 Å². The van der Waals surface area contributed by atoms with Crippen molar-refractivity contribution in [2.75, 3.05) is 53.4 Å². The molecule has 1 spiro atoms. The molecule has 0 aromatic carbocycles. The number of rotatable bonds is 6. The van der Waals surface area contributed by atoms with E-state index in [-0.39, 0.29) is 17.2 Å². The van der Waals surface area contributed by atoms with Gasteiger partial charge < -0.3 is 19.4 Å². The number of pyridine rings is 1. The Labute approximate surface area is 167 Å². The molecule has 2 saturated heterocycles. The number of ether oxygens (including phenoxy) is 1. The van der Waals surface area contributed by atoms with E-state index in [1.165, 1.54) is 0 Å². The Morgan fingerprint density at radius 3 is 2.89 bits per heavy atom. The van der Waals surface area contributed by atoms with Crippen molar-refractivity contribution < 1.29 is 14.3 Å². The smallest absolute Gasteiger partial charge is 0.259 e. The summed E-state index contributed by atoms with van der Waals surface area (Å²) in [6.45, 7) is 6.15. The standard InChI is InChI=1S/C21H32N4O3/c1-4-28-19-17(7-5-11-22-19)20(27)25-12-6-9-21(16-25)10-8-18(26)24(15-21)14-13-23(2)3/h5,7,11H,4,6,8-10,12-16H2,1-3H3. The predicted octanol–water partition coefficient (Wildman–Crippen LogP) is 1.89. The molecule has 2 aliphatic heterocycles. The van der Waals surface area contributed by atoms with E-state index in [1.807, 2.05) is 30.8 Å². The molecule has 7 nitrogen and oxygen atoms in total.